The number of rotatable bonds is 13. The standard InChI is InChI=1S/C66H75Cl2N9O24/c1-23(2)12-34(71-5)58(88)76-49-51(83)26-7-10-38(32(67)14-26)97-40-16-28-17-41(55(40)101-65-56(54(86)53(85)42(22-78)99-65)100-44-21-66(4,70)57(87)24(3)96-44)98-39-11-8-27(15-33(39)68)52(84)50-63(93)75-48(64(94)95)31-18-29(79)19-37(81)45(31)30-13-25(6-9-36(30)80)46(60(90)77-50)74-61(91)47(28)73-59(89)35(20-43(69)82)72-62(49)92/h6-11,13-19,23-24,34-35,42,44,46-54,56-57,65,71,78-81,83-87H,12,20-22,70H2,1-5H3,(H2,69,82)(H,72,92)(H,73,89)(H,74,91)(H,75,93)(H,76,88)(H,77,90)(H,94,95)/p-1/t24-,34+,35-,42-,44-,46+,47+,48-,49+,50-,51+,52+,53-,54+,56-,57+,65+,66-/m0/s1. The first-order valence-electron chi connectivity index (χ1n) is 31.6. The van der Waals surface area contributed by atoms with Crippen molar-refractivity contribution in [3.8, 4) is 57.1 Å². The quantitative estimate of drug-likeness (QED) is 0.0656. The van der Waals surface area contributed by atoms with Gasteiger partial charge in [0.15, 0.2) is 23.9 Å². The maximum atomic E-state index is 16.0. The minimum absolute atomic E-state index is 0.0994. The number of likely N-dealkylation sites (N-methyl/N-ethyl adjacent to an activating group) is 1. The van der Waals surface area contributed by atoms with Gasteiger partial charge in [-0.25, -0.2) is 0 Å². The minimum Gasteiger partial charge on any atom is -0.548 e. The molecule has 542 valence electrons. The molecule has 0 spiro atoms. The highest BCUT2D eigenvalue weighted by Crippen LogP contribution is 2.50. The molecule has 2 saturated heterocycles. The van der Waals surface area contributed by atoms with Gasteiger partial charge < -0.3 is 133 Å². The molecule has 0 unspecified atom stereocenters. The van der Waals surface area contributed by atoms with E-state index in [4.69, 9.17) is 63.1 Å². The zero-order valence-electron chi connectivity index (χ0n) is 54.3. The lowest BCUT2D eigenvalue weighted by Crippen LogP contribution is -2.64. The molecule has 12 rings (SSSR count). The molecule has 101 heavy (non-hydrogen) atoms. The molecule has 5 aromatic carbocycles. The Morgan fingerprint density at radius 3 is 1.91 bits per heavy atom. The highest BCUT2D eigenvalue weighted by Gasteiger charge is 2.51. The van der Waals surface area contributed by atoms with E-state index in [-0.39, 0.29) is 46.2 Å². The summed E-state index contributed by atoms with van der Waals surface area (Å²) in [5, 5.41) is 133. The molecule has 33 nitrogen and oxygen atoms in total. The van der Waals surface area contributed by atoms with Crippen LogP contribution in [-0.2, 0) is 52.6 Å². The Morgan fingerprint density at radius 1 is 0.723 bits per heavy atom. The van der Waals surface area contributed by atoms with E-state index in [1.54, 1.807) is 0 Å². The van der Waals surface area contributed by atoms with Crippen LogP contribution in [0.1, 0.15) is 105 Å². The van der Waals surface area contributed by atoms with Crippen LogP contribution in [0.5, 0.6) is 46.0 Å². The Kier molecular flexibility index (Phi) is 22.2. The molecule has 35 heteroatoms. The van der Waals surface area contributed by atoms with E-state index in [0.717, 1.165) is 66.7 Å². The largest absolute Gasteiger partial charge is 0.548 e. The Bertz CT molecular complexity index is 4070. The number of carbonyl (C=O) groups excluding carboxylic acids is 8. The molecule has 7 aliphatic rings. The monoisotopic (exact) mass is 1450 g/mol. The van der Waals surface area contributed by atoms with Gasteiger partial charge in [-0.05, 0) is 116 Å². The molecule has 20 N–H and O–H groups in total. The third-order valence-electron chi connectivity index (χ3n) is 17.8. The molecule has 7 heterocycles. The number of ether oxygens (including phenoxy) is 6. The van der Waals surface area contributed by atoms with Crippen molar-refractivity contribution in [1.82, 2.24) is 37.2 Å². The second-order valence-corrected chi connectivity index (χ2v) is 26.5. The summed E-state index contributed by atoms with van der Waals surface area (Å²) < 4.78 is 38.3. The number of halogens is 2. The van der Waals surface area contributed by atoms with Crippen LogP contribution in [0.15, 0.2) is 78.9 Å². The van der Waals surface area contributed by atoms with Crippen molar-refractivity contribution in [3.05, 3.63) is 117 Å². The number of carboxylic acid groups (broad SMARTS) is 1. The number of phenolic OH excluding ortho intramolecular Hbond substituents is 3. The number of phenols is 3. The van der Waals surface area contributed by atoms with Crippen LogP contribution in [-0.4, -0.2) is 186 Å². The summed E-state index contributed by atoms with van der Waals surface area (Å²) in [7, 11) is 1.47. The zero-order valence-corrected chi connectivity index (χ0v) is 55.8. The van der Waals surface area contributed by atoms with E-state index in [2.05, 4.69) is 37.2 Å². The van der Waals surface area contributed by atoms with Crippen LogP contribution in [0.4, 0.5) is 0 Å². The van der Waals surface area contributed by atoms with Gasteiger partial charge in [-0.3, -0.25) is 33.6 Å². The number of hydrogen-bond acceptors (Lipinski definition) is 26. The first-order valence-corrected chi connectivity index (χ1v) is 32.4. The summed E-state index contributed by atoms with van der Waals surface area (Å²) in [5.74, 6) is -16.4. The number of amides is 7. The lowest BCUT2D eigenvalue weighted by atomic mass is 9.86. The lowest BCUT2D eigenvalue weighted by Gasteiger charge is -2.47. The van der Waals surface area contributed by atoms with Crippen LogP contribution < -0.4 is 68.0 Å². The number of nitrogens with one attached hydrogen (secondary N) is 7. The normalized spacial score (nSPS) is 29.4. The number of carbonyl (C=O) groups is 8. The first-order chi connectivity index (χ1) is 47.7. The molecule has 0 aromatic heterocycles. The molecule has 0 aliphatic carbocycles. The molecule has 7 aliphatic heterocycles. The number of hydrogen-bond donors (Lipinski definition) is 18. The fourth-order valence-electron chi connectivity index (χ4n) is 12.5. The van der Waals surface area contributed by atoms with Crippen molar-refractivity contribution in [1.29, 1.82) is 0 Å². The van der Waals surface area contributed by atoms with E-state index >= 15 is 14.4 Å². The number of benzene rings is 5. The van der Waals surface area contributed by atoms with Gasteiger partial charge in [0.05, 0.1) is 53.3 Å². The second-order valence-electron chi connectivity index (χ2n) is 25.7. The maximum absolute atomic E-state index is 16.0. The van der Waals surface area contributed by atoms with E-state index < -0.39 is 237 Å². The van der Waals surface area contributed by atoms with Crippen LogP contribution in [0.25, 0.3) is 11.1 Å². The molecular weight excluding hydrogens is 1370 g/mol. The fourth-order valence-corrected chi connectivity index (χ4v) is 12.9. The van der Waals surface area contributed by atoms with Crippen molar-refractivity contribution >= 4 is 70.5 Å². The van der Waals surface area contributed by atoms with Crippen molar-refractivity contribution in [2.24, 2.45) is 17.4 Å². The van der Waals surface area contributed by atoms with Gasteiger partial charge in [-0.2, -0.15) is 0 Å². The topological polar surface area (TPSA) is 533 Å². The summed E-state index contributed by atoms with van der Waals surface area (Å²) >= 11 is 14.1. The van der Waals surface area contributed by atoms with Gasteiger partial charge in [-0.1, -0.05) is 55.2 Å². The SMILES string of the molecule is CN[C@H](CC(C)C)C(=O)N[C@H]1C(=O)N[C@@H](CC(N)=O)C(=O)N[C@H]2C(=O)N[C@H]3C(=O)N[C@H](C(=O)N[C@H](C(=O)[O-])c4cc(O)cc(O)c4-c4cc3ccc4O)[C@H](O)c3ccc(c(Cl)c3)Oc3cc2cc(c3O[C@H]2O[C@@H](CO)[C@H](O)[C@@H](O)[C@@H]2O[C@H]2C[C@](C)(N)[C@H](O)[C@H](C)O2)Oc2ccc(cc2Cl)[C@H]1O. The van der Waals surface area contributed by atoms with Crippen LogP contribution >= 0.6 is 23.2 Å². The Morgan fingerprint density at radius 2 is 1.33 bits per heavy atom. The number of fused-ring (bicyclic) bond motifs is 15. The first kappa shape index (κ1) is 74.5. The highest BCUT2D eigenvalue weighted by atomic mass is 35.5. The summed E-state index contributed by atoms with van der Waals surface area (Å²) in [6.45, 7) is 5.65. The van der Waals surface area contributed by atoms with Crippen LogP contribution in [0, 0.1) is 5.92 Å². The second kappa shape index (κ2) is 30.2. The Hall–Kier alpha value is -9.20. The number of primary amides is 1. The third-order valence-corrected chi connectivity index (χ3v) is 18.4. The van der Waals surface area contributed by atoms with Gasteiger partial charge in [0, 0.05) is 29.2 Å². The number of aliphatic hydroxyl groups excluding tert-OH is 6. The number of aliphatic hydroxyl groups is 6. The average molecular weight is 1450 g/mol. The summed E-state index contributed by atoms with van der Waals surface area (Å²) in [6, 6.07) is -1.01. The predicted octanol–water partition coefficient (Wildman–Crippen LogP) is -1.23. The summed E-state index contributed by atoms with van der Waals surface area (Å²) in [4.78, 5) is 117. The molecule has 0 radical (unpaired) electrons. The molecular formula is C66H74Cl2N9O24-. The fraction of sp³-hybridized carbons (Fsp3) is 0.424. The predicted molar refractivity (Wildman–Crippen MR) is 347 cm³/mol. The van der Waals surface area contributed by atoms with Crippen molar-refractivity contribution < 1.29 is 118 Å². The van der Waals surface area contributed by atoms with Gasteiger partial charge in [-0.15, -0.1) is 0 Å². The van der Waals surface area contributed by atoms with E-state index in [1.807, 2.05) is 13.8 Å². The number of nitrogens with two attached hydrogens (primary N) is 2. The summed E-state index contributed by atoms with van der Waals surface area (Å²) in [6.07, 6.45) is -18.6. The van der Waals surface area contributed by atoms with E-state index in [0.29, 0.717) is 0 Å². The van der Waals surface area contributed by atoms with E-state index in [1.165, 1.54) is 33.0 Å². The van der Waals surface area contributed by atoms with Gasteiger partial charge in [0.1, 0.15) is 89.5 Å². The highest BCUT2D eigenvalue weighted by molar-refractivity contribution is 6.32. The molecule has 0 saturated carbocycles. The zero-order chi connectivity index (χ0) is 73.5. The molecule has 18 atom stereocenters. The lowest BCUT2D eigenvalue weighted by molar-refractivity contribution is -0.333. The maximum Gasteiger partial charge on any atom is 0.248 e. The van der Waals surface area contributed by atoms with Crippen LogP contribution in [0.2, 0.25) is 10.0 Å². The number of aromatic hydroxyl groups is 3. The molecule has 7 amide bonds. The molecule has 2 fully saturated rings. The van der Waals surface area contributed by atoms with Crippen molar-refractivity contribution in [2.75, 3.05) is 13.7 Å². The smallest absolute Gasteiger partial charge is 0.248 e. The molecule has 5 aromatic rings. The van der Waals surface area contributed by atoms with Gasteiger partial charge in [0.2, 0.25) is 53.4 Å². The Labute approximate surface area is 584 Å². The minimum atomic E-state index is -2.36. The van der Waals surface area contributed by atoms with Crippen LogP contribution in [0.3, 0.4) is 0 Å². The average Bonchev–Trinajstić information content (AvgIpc) is 0.775. The Balaban J connectivity index is 1.24. The summed E-state index contributed by atoms with van der Waals surface area (Å²) in [5.41, 5.74) is 7.83. The van der Waals surface area contributed by atoms with Gasteiger partial charge in [0.25, 0.3) is 0 Å². The molecule has 11 bridgehead atoms. The van der Waals surface area contributed by atoms with E-state index in [9.17, 15) is 75.0 Å². The third kappa shape index (κ3) is 15.8. The van der Waals surface area contributed by atoms with Crippen molar-refractivity contribution in [3.63, 3.8) is 0 Å². The number of carboxylic acids is 1. The number of aliphatic carboxylic acids is 1. The van der Waals surface area contributed by atoms with Gasteiger partial charge >= 0.3 is 0 Å². The van der Waals surface area contributed by atoms with Crippen molar-refractivity contribution in [2.45, 2.75) is 156 Å².